The van der Waals surface area contributed by atoms with Crippen molar-refractivity contribution in [3.05, 3.63) is 71.7 Å². The molecule has 2 heterocycles. The first kappa shape index (κ1) is 12.3. The predicted molar refractivity (Wildman–Crippen MR) is 75.7 cm³/mol. The van der Waals surface area contributed by atoms with Crippen molar-refractivity contribution in [2.75, 3.05) is 0 Å². The highest BCUT2D eigenvalue weighted by Crippen LogP contribution is 2.16. The van der Waals surface area contributed by atoms with Gasteiger partial charge in [0.1, 0.15) is 0 Å². The van der Waals surface area contributed by atoms with E-state index in [1.165, 1.54) is 12.3 Å². The Kier molecular flexibility index (Phi) is 3.13. The van der Waals surface area contributed by atoms with Gasteiger partial charge in [-0.25, -0.2) is 4.79 Å². The molecule has 0 saturated heterocycles. The molecule has 0 atom stereocenters. The minimum Gasteiger partial charge on any atom is -0.478 e. The van der Waals surface area contributed by atoms with Crippen LogP contribution in [0.5, 0.6) is 0 Å². The van der Waals surface area contributed by atoms with Gasteiger partial charge in [-0.3, -0.25) is 9.97 Å². The van der Waals surface area contributed by atoms with Crippen LogP contribution in [0.2, 0.25) is 0 Å². The maximum atomic E-state index is 11.2. The average Bonchev–Trinajstić information content (AvgIpc) is 2.47. The van der Waals surface area contributed by atoms with Gasteiger partial charge in [0.2, 0.25) is 0 Å². The maximum Gasteiger partial charge on any atom is 0.336 e. The van der Waals surface area contributed by atoms with Crippen LogP contribution >= 0.6 is 0 Å². The van der Waals surface area contributed by atoms with Crippen molar-refractivity contribution in [2.45, 2.75) is 6.42 Å². The molecule has 2 aromatic heterocycles. The summed E-state index contributed by atoms with van der Waals surface area (Å²) in [5.74, 6) is -0.941. The van der Waals surface area contributed by atoms with Crippen molar-refractivity contribution in [3.8, 4) is 0 Å². The summed E-state index contributed by atoms with van der Waals surface area (Å²) in [6.07, 6.45) is 3.53. The lowest BCUT2D eigenvalue weighted by Crippen LogP contribution is -2.04. The lowest BCUT2D eigenvalue weighted by molar-refractivity contribution is 0.0695. The number of carboxylic acids is 1. The molecule has 98 valence electrons. The Bertz CT molecular complexity index is 784. The van der Waals surface area contributed by atoms with E-state index in [2.05, 4.69) is 9.97 Å². The molecule has 0 aliphatic rings. The molecular formula is C16H12N2O2. The van der Waals surface area contributed by atoms with Gasteiger partial charge < -0.3 is 5.11 Å². The Hall–Kier alpha value is -2.75. The molecule has 4 nitrogen and oxygen atoms in total. The highest BCUT2D eigenvalue weighted by molar-refractivity contribution is 5.89. The van der Waals surface area contributed by atoms with Crippen LogP contribution in [0, 0.1) is 0 Å². The van der Waals surface area contributed by atoms with Crippen LogP contribution in [0.4, 0.5) is 0 Å². The van der Waals surface area contributed by atoms with Crippen molar-refractivity contribution in [2.24, 2.45) is 0 Å². The summed E-state index contributed by atoms with van der Waals surface area (Å²) in [5.41, 5.74) is 2.68. The molecule has 0 unspecified atom stereocenters. The van der Waals surface area contributed by atoms with E-state index >= 15 is 0 Å². The van der Waals surface area contributed by atoms with Crippen LogP contribution in [-0.4, -0.2) is 21.0 Å². The smallest absolute Gasteiger partial charge is 0.336 e. The second-order valence-corrected chi connectivity index (χ2v) is 4.51. The predicted octanol–water partition coefficient (Wildman–Crippen LogP) is 2.92. The van der Waals surface area contributed by atoms with Gasteiger partial charge in [-0.05, 0) is 23.8 Å². The van der Waals surface area contributed by atoms with Crippen LogP contribution in [-0.2, 0) is 6.42 Å². The minimum atomic E-state index is -0.941. The molecule has 4 heteroatoms. The first-order valence-electron chi connectivity index (χ1n) is 6.25. The van der Waals surface area contributed by atoms with Crippen molar-refractivity contribution in [1.29, 1.82) is 0 Å². The Balaban J connectivity index is 1.99. The number of pyridine rings is 2. The topological polar surface area (TPSA) is 63.1 Å². The molecule has 0 aliphatic heterocycles. The third-order valence-corrected chi connectivity index (χ3v) is 3.16. The molecule has 0 amide bonds. The molecule has 3 aromatic rings. The second-order valence-electron chi connectivity index (χ2n) is 4.51. The average molecular weight is 264 g/mol. The van der Waals surface area contributed by atoms with Gasteiger partial charge in [0.25, 0.3) is 0 Å². The van der Waals surface area contributed by atoms with E-state index in [0.717, 1.165) is 16.6 Å². The van der Waals surface area contributed by atoms with E-state index in [1.807, 2.05) is 36.4 Å². The fourth-order valence-corrected chi connectivity index (χ4v) is 2.18. The number of aromatic nitrogens is 2. The normalized spacial score (nSPS) is 10.6. The zero-order valence-electron chi connectivity index (χ0n) is 10.7. The number of benzene rings is 1. The van der Waals surface area contributed by atoms with E-state index < -0.39 is 5.97 Å². The molecule has 3 rings (SSSR count). The molecule has 20 heavy (non-hydrogen) atoms. The summed E-state index contributed by atoms with van der Waals surface area (Å²) in [6, 6.07) is 13.3. The first-order valence-corrected chi connectivity index (χ1v) is 6.25. The number of aromatic carboxylic acids is 1. The number of para-hydroxylation sites is 1. The van der Waals surface area contributed by atoms with Gasteiger partial charge in [-0.1, -0.05) is 24.3 Å². The standard InChI is InChI=1S/C16H12N2O2/c19-16(20)14-7-8-17-10-12(14)9-13-6-5-11-3-1-2-4-15(11)18-13/h1-8,10H,9H2,(H,19,20). The molecular weight excluding hydrogens is 252 g/mol. The van der Waals surface area contributed by atoms with Crippen molar-refractivity contribution in [1.82, 2.24) is 9.97 Å². The lowest BCUT2D eigenvalue weighted by atomic mass is 10.0. The monoisotopic (exact) mass is 264 g/mol. The number of carboxylic acid groups (broad SMARTS) is 1. The Morgan fingerprint density at radius 2 is 1.95 bits per heavy atom. The summed E-state index contributed by atoms with van der Waals surface area (Å²) in [6.45, 7) is 0. The first-order chi connectivity index (χ1) is 9.74. The van der Waals surface area contributed by atoms with Gasteiger partial charge in [-0.15, -0.1) is 0 Å². The molecule has 0 spiro atoms. The Morgan fingerprint density at radius 1 is 1.10 bits per heavy atom. The van der Waals surface area contributed by atoms with Crippen LogP contribution in [0.3, 0.4) is 0 Å². The number of hydrogen-bond acceptors (Lipinski definition) is 3. The van der Waals surface area contributed by atoms with E-state index in [4.69, 9.17) is 5.11 Å². The molecule has 0 radical (unpaired) electrons. The SMILES string of the molecule is O=C(O)c1ccncc1Cc1ccc2ccccc2n1. The van der Waals surface area contributed by atoms with E-state index in [9.17, 15) is 4.79 Å². The van der Waals surface area contributed by atoms with Crippen LogP contribution in [0.1, 0.15) is 21.6 Å². The van der Waals surface area contributed by atoms with Gasteiger partial charge in [0, 0.05) is 29.9 Å². The third-order valence-electron chi connectivity index (χ3n) is 3.16. The zero-order valence-corrected chi connectivity index (χ0v) is 10.7. The van der Waals surface area contributed by atoms with Gasteiger partial charge in [0.05, 0.1) is 11.1 Å². The molecule has 0 fully saturated rings. The number of rotatable bonds is 3. The maximum absolute atomic E-state index is 11.2. The van der Waals surface area contributed by atoms with Crippen LogP contribution < -0.4 is 0 Å². The zero-order chi connectivity index (χ0) is 13.9. The van der Waals surface area contributed by atoms with Crippen molar-refractivity contribution >= 4 is 16.9 Å². The minimum absolute atomic E-state index is 0.273. The Morgan fingerprint density at radius 3 is 2.80 bits per heavy atom. The number of hydrogen-bond donors (Lipinski definition) is 1. The summed E-state index contributed by atoms with van der Waals surface area (Å²) in [5, 5.41) is 10.2. The van der Waals surface area contributed by atoms with Gasteiger partial charge >= 0.3 is 5.97 Å². The summed E-state index contributed by atoms with van der Waals surface area (Å²) in [7, 11) is 0. The molecule has 1 aromatic carbocycles. The number of fused-ring (bicyclic) bond motifs is 1. The van der Waals surface area contributed by atoms with Crippen molar-refractivity contribution < 1.29 is 9.90 Å². The summed E-state index contributed by atoms with van der Waals surface area (Å²) < 4.78 is 0. The molecule has 1 N–H and O–H groups in total. The van der Waals surface area contributed by atoms with Crippen molar-refractivity contribution in [3.63, 3.8) is 0 Å². The van der Waals surface area contributed by atoms with Crippen LogP contribution in [0.15, 0.2) is 54.9 Å². The highest BCUT2D eigenvalue weighted by Gasteiger charge is 2.10. The molecule has 0 bridgehead atoms. The quantitative estimate of drug-likeness (QED) is 0.790. The van der Waals surface area contributed by atoms with E-state index in [-0.39, 0.29) is 5.56 Å². The number of carbonyl (C=O) groups is 1. The summed E-state index contributed by atoms with van der Waals surface area (Å²) in [4.78, 5) is 19.7. The fourth-order valence-electron chi connectivity index (χ4n) is 2.18. The fraction of sp³-hybridized carbons (Fsp3) is 0.0625. The summed E-state index contributed by atoms with van der Waals surface area (Å²) >= 11 is 0. The van der Waals surface area contributed by atoms with Gasteiger partial charge in [0.15, 0.2) is 0 Å². The number of nitrogens with zero attached hydrogens (tertiary/aromatic N) is 2. The van der Waals surface area contributed by atoms with Gasteiger partial charge in [-0.2, -0.15) is 0 Å². The van der Waals surface area contributed by atoms with Crippen LogP contribution in [0.25, 0.3) is 10.9 Å². The third kappa shape index (κ3) is 2.36. The molecule has 0 aliphatic carbocycles. The van der Waals surface area contributed by atoms with E-state index in [1.54, 1.807) is 6.20 Å². The lowest BCUT2D eigenvalue weighted by Gasteiger charge is -2.06. The Labute approximate surface area is 115 Å². The highest BCUT2D eigenvalue weighted by atomic mass is 16.4. The van der Waals surface area contributed by atoms with E-state index in [0.29, 0.717) is 12.0 Å². The molecule has 0 saturated carbocycles. The largest absolute Gasteiger partial charge is 0.478 e. The second kappa shape index (κ2) is 5.09.